The number of hydrogen-bond acceptors (Lipinski definition) is 3. The quantitative estimate of drug-likeness (QED) is 0.728. The van der Waals surface area contributed by atoms with Crippen LogP contribution in [0.2, 0.25) is 0 Å². The summed E-state index contributed by atoms with van der Waals surface area (Å²) >= 11 is 0. The lowest BCUT2D eigenvalue weighted by atomic mass is 9.64. The highest BCUT2D eigenvalue weighted by atomic mass is 16.6. The Bertz CT molecular complexity index is 513. The Morgan fingerprint density at radius 3 is 3.00 bits per heavy atom. The van der Waals surface area contributed by atoms with E-state index in [-0.39, 0.29) is 23.4 Å². The van der Waals surface area contributed by atoms with E-state index in [0.29, 0.717) is 5.92 Å². The predicted molar refractivity (Wildman–Crippen MR) is 72.7 cm³/mol. The van der Waals surface area contributed by atoms with Crippen molar-refractivity contribution in [3.63, 3.8) is 0 Å². The van der Waals surface area contributed by atoms with E-state index < -0.39 is 0 Å². The van der Waals surface area contributed by atoms with E-state index in [4.69, 9.17) is 4.74 Å². The number of hydrogen-bond donors (Lipinski definition) is 0. The largest absolute Gasteiger partial charge is 0.462 e. The molecule has 1 saturated heterocycles. The van der Waals surface area contributed by atoms with Crippen molar-refractivity contribution in [3.05, 3.63) is 29.6 Å². The summed E-state index contributed by atoms with van der Waals surface area (Å²) in [6.07, 6.45) is 7.04. The van der Waals surface area contributed by atoms with Gasteiger partial charge in [0.1, 0.15) is 6.10 Å². The standard InChI is InChI=1S/C16H21NO2/c1-10-9-17-7-5-13(10)16(3)6-4-12-11(2)15(18)19-14(12)8-16/h5,7,9,11-12,14H,4,6,8H2,1-3H3. The molecule has 0 bridgehead atoms. The van der Waals surface area contributed by atoms with Crippen molar-refractivity contribution in [1.29, 1.82) is 0 Å². The van der Waals surface area contributed by atoms with E-state index in [1.807, 2.05) is 19.3 Å². The Balaban J connectivity index is 1.89. The number of aromatic nitrogens is 1. The molecule has 0 spiro atoms. The molecule has 3 nitrogen and oxygen atoms in total. The summed E-state index contributed by atoms with van der Waals surface area (Å²) in [4.78, 5) is 15.9. The molecule has 1 aliphatic carbocycles. The first-order chi connectivity index (χ1) is 9.01. The zero-order valence-corrected chi connectivity index (χ0v) is 11.8. The van der Waals surface area contributed by atoms with Crippen LogP contribution in [0.15, 0.2) is 18.5 Å². The fourth-order valence-corrected chi connectivity index (χ4v) is 3.90. The van der Waals surface area contributed by atoms with E-state index in [9.17, 15) is 4.79 Å². The number of carbonyl (C=O) groups excluding carboxylic acids is 1. The predicted octanol–water partition coefficient (Wildman–Crippen LogP) is 3.01. The lowest BCUT2D eigenvalue weighted by molar-refractivity contribution is -0.144. The maximum Gasteiger partial charge on any atom is 0.309 e. The molecule has 4 unspecified atom stereocenters. The molecular formula is C16H21NO2. The highest BCUT2D eigenvalue weighted by Gasteiger charge is 2.49. The van der Waals surface area contributed by atoms with Crippen LogP contribution < -0.4 is 0 Å². The Labute approximate surface area is 114 Å². The van der Waals surface area contributed by atoms with Crippen molar-refractivity contribution in [1.82, 2.24) is 4.98 Å². The Hall–Kier alpha value is -1.38. The van der Waals surface area contributed by atoms with E-state index >= 15 is 0 Å². The molecule has 1 saturated carbocycles. The smallest absolute Gasteiger partial charge is 0.309 e. The highest BCUT2D eigenvalue weighted by Crippen LogP contribution is 2.48. The van der Waals surface area contributed by atoms with Crippen LogP contribution in [-0.2, 0) is 14.9 Å². The third-order valence-corrected chi connectivity index (χ3v) is 5.11. The number of pyridine rings is 1. The molecule has 2 aliphatic rings. The van der Waals surface area contributed by atoms with Crippen molar-refractivity contribution >= 4 is 5.97 Å². The van der Waals surface area contributed by atoms with Crippen LogP contribution in [0.25, 0.3) is 0 Å². The van der Waals surface area contributed by atoms with Crippen LogP contribution in [0.4, 0.5) is 0 Å². The maximum absolute atomic E-state index is 11.7. The molecule has 0 aromatic carbocycles. The molecule has 4 atom stereocenters. The van der Waals surface area contributed by atoms with E-state index in [0.717, 1.165) is 19.3 Å². The van der Waals surface area contributed by atoms with E-state index in [2.05, 4.69) is 24.9 Å². The molecule has 2 heterocycles. The molecule has 1 aliphatic heterocycles. The van der Waals surface area contributed by atoms with Gasteiger partial charge >= 0.3 is 5.97 Å². The molecule has 1 aromatic heterocycles. The molecular weight excluding hydrogens is 238 g/mol. The van der Waals surface area contributed by atoms with Gasteiger partial charge in [-0.25, -0.2) is 0 Å². The van der Waals surface area contributed by atoms with Gasteiger partial charge in [0.15, 0.2) is 0 Å². The zero-order chi connectivity index (χ0) is 13.6. The third kappa shape index (κ3) is 1.96. The molecule has 19 heavy (non-hydrogen) atoms. The number of aryl methyl sites for hydroxylation is 1. The second kappa shape index (κ2) is 4.32. The van der Waals surface area contributed by atoms with Gasteiger partial charge in [-0.2, -0.15) is 0 Å². The van der Waals surface area contributed by atoms with Crippen LogP contribution >= 0.6 is 0 Å². The summed E-state index contributed by atoms with van der Waals surface area (Å²) in [6, 6.07) is 2.12. The van der Waals surface area contributed by atoms with Gasteiger partial charge in [0.25, 0.3) is 0 Å². The van der Waals surface area contributed by atoms with Crippen molar-refractivity contribution in [2.45, 2.75) is 51.6 Å². The monoisotopic (exact) mass is 259 g/mol. The van der Waals surface area contributed by atoms with Crippen molar-refractivity contribution in [2.75, 3.05) is 0 Å². The molecule has 0 amide bonds. The lowest BCUT2D eigenvalue weighted by Gasteiger charge is -2.40. The number of ether oxygens (including phenoxy) is 1. The second-order valence-corrected chi connectivity index (χ2v) is 6.42. The molecule has 3 rings (SSSR count). The molecule has 1 aromatic rings. The average Bonchev–Trinajstić information content (AvgIpc) is 2.64. The molecule has 102 valence electrons. The van der Waals surface area contributed by atoms with Gasteiger partial charge in [-0.1, -0.05) is 13.8 Å². The van der Waals surface area contributed by atoms with E-state index in [1.165, 1.54) is 11.1 Å². The maximum atomic E-state index is 11.7. The van der Waals surface area contributed by atoms with Crippen LogP contribution in [-0.4, -0.2) is 17.1 Å². The summed E-state index contributed by atoms with van der Waals surface area (Å²) in [5.41, 5.74) is 2.70. The molecule has 0 N–H and O–H groups in total. The SMILES string of the molecule is Cc1cnccc1C1(C)CCC2C(C1)OC(=O)C2C. The average molecular weight is 259 g/mol. The molecule has 0 radical (unpaired) electrons. The van der Waals surface area contributed by atoms with Crippen molar-refractivity contribution in [3.8, 4) is 0 Å². The Morgan fingerprint density at radius 2 is 2.26 bits per heavy atom. The molecule has 3 heteroatoms. The van der Waals surface area contributed by atoms with Gasteiger partial charge in [0.05, 0.1) is 5.92 Å². The lowest BCUT2D eigenvalue weighted by Crippen LogP contribution is -2.38. The van der Waals surface area contributed by atoms with Crippen LogP contribution in [0.1, 0.15) is 44.2 Å². The van der Waals surface area contributed by atoms with Gasteiger partial charge in [0.2, 0.25) is 0 Å². The minimum atomic E-state index is -0.00861. The number of rotatable bonds is 1. The second-order valence-electron chi connectivity index (χ2n) is 6.42. The normalized spacial score (nSPS) is 37.8. The van der Waals surface area contributed by atoms with Gasteiger partial charge in [-0.3, -0.25) is 9.78 Å². The van der Waals surface area contributed by atoms with Gasteiger partial charge in [-0.15, -0.1) is 0 Å². The summed E-state index contributed by atoms with van der Waals surface area (Å²) in [6.45, 7) is 6.42. The van der Waals surface area contributed by atoms with Crippen LogP contribution in [0.3, 0.4) is 0 Å². The Kier molecular flexibility index (Phi) is 2.88. The summed E-state index contributed by atoms with van der Waals surface area (Å²) in [5.74, 6) is 0.488. The van der Waals surface area contributed by atoms with Crippen molar-refractivity contribution in [2.24, 2.45) is 11.8 Å². The first-order valence-corrected chi connectivity index (χ1v) is 7.13. The third-order valence-electron chi connectivity index (χ3n) is 5.11. The van der Waals surface area contributed by atoms with Crippen LogP contribution in [0, 0.1) is 18.8 Å². The minimum Gasteiger partial charge on any atom is -0.462 e. The highest BCUT2D eigenvalue weighted by molar-refractivity contribution is 5.75. The molecule has 2 fully saturated rings. The van der Waals surface area contributed by atoms with Crippen molar-refractivity contribution < 1.29 is 9.53 Å². The first-order valence-electron chi connectivity index (χ1n) is 7.13. The number of esters is 1. The number of fused-ring (bicyclic) bond motifs is 1. The van der Waals surface area contributed by atoms with Gasteiger partial charge in [-0.05, 0) is 48.8 Å². The van der Waals surface area contributed by atoms with Gasteiger partial charge in [0, 0.05) is 18.3 Å². The topological polar surface area (TPSA) is 39.2 Å². The first kappa shape index (κ1) is 12.6. The fourth-order valence-electron chi connectivity index (χ4n) is 3.90. The minimum absolute atomic E-state index is 0.00861. The summed E-state index contributed by atoms with van der Waals surface area (Å²) in [7, 11) is 0. The number of nitrogens with zero attached hydrogens (tertiary/aromatic N) is 1. The summed E-state index contributed by atoms with van der Waals surface area (Å²) < 4.78 is 5.58. The number of carbonyl (C=O) groups is 1. The van der Waals surface area contributed by atoms with Crippen LogP contribution in [0.5, 0.6) is 0 Å². The van der Waals surface area contributed by atoms with E-state index in [1.54, 1.807) is 0 Å². The van der Waals surface area contributed by atoms with Gasteiger partial charge < -0.3 is 4.74 Å². The summed E-state index contributed by atoms with van der Waals surface area (Å²) in [5, 5.41) is 0. The fraction of sp³-hybridized carbons (Fsp3) is 0.625. The Morgan fingerprint density at radius 1 is 1.47 bits per heavy atom. The zero-order valence-electron chi connectivity index (χ0n) is 11.8.